The van der Waals surface area contributed by atoms with Crippen LogP contribution in [-0.4, -0.2) is 27.7 Å². The number of carbonyl (C=O) groups excluding carboxylic acids is 1. The van der Waals surface area contributed by atoms with E-state index in [4.69, 9.17) is 0 Å². The molecule has 5 rings (SSSR count). The summed E-state index contributed by atoms with van der Waals surface area (Å²) >= 11 is 0. The Labute approximate surface area is 198 Å². The van der Waals surface area contributed by atoms with Crippen LogP contribution >= 0.6 is 0 Å². The van der Waals surface area contributed by atoms with E-state index in [9.17, 15) is 15.0 Å². The predicted octanol–water partition coefficient (Wildman–Crippen LogP) is 5.43. The van der Waals surface area contributed by atoms with Crippen molar-refractivity contribution in [2.45, 2.75) is 89.8 Å². The topological polar surface area (TPSA) is 57.5 Å². The molecule has 0 saturated heterocycles. The second-order valence-electron chi connectivity index (χ2n) is 11.2. The highest BCUT2D eigenvalue weighted by Gasteiger charge is 2.66. The van der Waals surface area contributed by atoms with E-state index in [1.165, 1.54) is 27.8 Å². The Morgan fingerprint density at radius 3 is 2.52 bits per heavy atom. The lowest BCUT2D eigenvalue weighted by Crippen LogP contribution is -2.54. The third kappa shape index (κ3) is 3.29. The molecular weight excluding hydrogens is 408 g/mol. The van der Waals surface area contributed by atoms with Crippen LogP contribution in [0.15, 0.2) is 47.1 Å². The Morgan fingerprint density at radius 2 is 1.85 bits per heavy atom. The molecule has 1 aromatic rings. The van der Waals surface area contributed by atoms with Crippen molar-refractivity contribution < 1.29 is 15.0 Å². The first-order chi connectivity index (χ1) is 15.7. The van der Waals surface area contributed by atoms with E-state index in [0.29, 0.717) is 24.7 Å². The molecule has 2 N–H and O–H groups in total. The molecule has 0 bridgehead atoms. The number of hydrogen-bond donors (Lipinski definition) is 2. The first-order valence-electron chi connectivity index (χ1n) is 12.6. The van der Waals surface area contributed by atoms with E-state index in [1.807, 2.05) is 6.08 Å². The van der Waals surface area contributed by atoms with Gasteiger partial charge in [0.15, 0.2) is 11.4 Å². The van der Waals surface area contributed by atoms with Gasteiger partial charge in [0.1, 0.15) is 0 Å². The fourth-order valence-electron chi connectivity index (χ4n) is 7.50. The van der Waals surface area contributed by atoms with Gasteiger partial charge in [-0.3, -0.25) is 4.79 Å². The summed E-state index contributed by atoms with van der Waals surface area (Å²) in [6, 6.07) is 8.99. The number of carbonyl (C=O) groups is 1. The maximum absolute atomic E-state index is 12.2. The van der Waals surface area contributed by atoms with Gasteiger partial charge in [0.25, 0.3) is 0 Å². The van der Waals surface area contributed by atoms with Crippen molar-refractivity contribution in [1.29, 1.82) is 0 Å². The molecule has 3 heteroatoms. The molecule has 0 amide bonds. The van der Waals surface area contributed by atoms with E-state index in [1.54, 1.807) is 6.92 Å². The van der Waals surface area contributed by atoms with E-state index in [2.05, 4.69) is 56.9 Å². The summed E-state index contributed by atoms with van der Waals surface area (Å²) in [4.78, 5) is 12.2. The van der Waals surface area contributed by atoms with Gasteiger partial charge in [-0.05, 0) is 85.1 Å². The second kappa shape index (κ2) is 7.97. The molecule has 1 aromatic carbocycles. The van der Waals surface area contributed by atoms with Gasteiger partial charge in [-0.2, -0.15) is 0 Å². The van der Waals surface area contributed by atoms with Gasteiger partial charge in [-0.25, -0.2) is 0 Å². The van der Waals surface area contributed by atoms with Crippen LogP contribution in [0.1, 0.15) is 89.2 Å². The number of rotatable bonds is 2. The Balaban J connectivity index is 1.69. The zero-order valence-electron chi connectivity index (χ0n) is 20.3. The highest BCUT2D eigenvalue weighted by Crippen LogP contribution is 2.66. The molecule has 0 aliphatic heterocycles. The van der Waals surface area contributed by atoms with Crippen LogP contribution in [0.4, 0.5) is 0 Å². The average molecular weight is 445 g/mol. The van der Waals surface area contributed by atoms with Crippen LogP contribution in [0, 0.1) is 29.1 Å². The molecule has 1 unspecified atom stereocenters. The Hall–Kier alpha value is -2.15. The third-order valence-corrected chi connectivity index (χ3v) is 9.28. The van der Waals surface area contributed by atoms with Crippen LogP contribution in [0.2, 0.25) is 0 Å². The summed E-state index contributed by atoms with van der Waals surface area (Å²) in [6.07, 6.45) is 5.69. The summed E-state index contributed by atoms with van der Waals surface area (Å²) < 4.78 is 0. The van der Waals surface area contributed by atoms with E-state index < -0.39 is 17.1 Å². The van der Waals surface area contributed by atoms with Gasteiger partial charge >= 0.3 is 0 Å². The minimum Gasteiger partial charge on any atom is -0.389 e. The molecule has 174 valence electrons. The van der Waals surface area contributed by atoms with Crippen LogP contribution < -0.4 is 0 Å². The largest absolute Gasteiger partial charge is 0.389 e. The van der Waals surface area contributed by atoms with Crippen molar-refractivity contribution in [3.05, 3.63) is 58.2 Å². The molecule has 0 spiro atoms. The van der Waals surface area contributed by atoms with Gasteiger partial charge < -0.3 is 10.2 Å². The summed E-state index contributed by atoms with van der Waals surface area (Å²) in [6.45, 7) is 8.33. The normalized spacial score (nSPS) is 37.7. The van der Waals surface area contributed by atoms with Gasteiger partial charge in [0, 0.05) is 17.8 Å². The minimum atomic E-state index is -1.39. The van der Waals surface area contributed by atoms with Crippen molar-refractivity contribution in [1.82, 2.24) is 0 Å². The lowest BCUT2D eigenvalue weighted by Gasteiger charge is -2.53. The minimum absolute atomic E-state index is 0.167. The Kier molecular flexibility index (Phi) is 5.46. The molecule has 0 aromatic heterocycles. The first-order valence-corrected chi connectivity index (χ1v) is 12.6. The summed E-state index contributed by atoms with van der Waals surface area (Å²) in [5.74, 6) is 7.35. The van der Waals surface area contributed by atoms with Crippen LogP contribution in [0.25, 0.3) is 0 Å². The number of allylic oxidation sites excluding steroid dienone is 4. The maximum atomic E-state index is 12.2. The number of ketones is 1. The molecule has 2 saturated carbocycles. The SMILES string of the molecule is CC#C[C@@]1(O)[C@H](O)C[C@H]2[C@@H]3CCC4=CC(=O)CCC4=C3C(c3ccc(C(C)C)cc3)C[C@@]21C. The van der Waals surface area contributed by atoms with Crippen molar-refractivity contribution in [2.24, 2.45) is 17.3 Å². The van der Waals surface area contributed by atoms with Gasteiger partial charge in [-0.15, -0.1) is 5.92 Å². The number of aliphatic hydroxyl groups excluding tert-OH is 1. The molecule has 4 aliphatic rings. The summed E-state index contributed by atoms with van der Waals surface area (Å²) in [5.41, 5.74) is 4.81. The van der Waals surface area contributed by atoms with Gasteiger partial charge in [-0.1, -0.05) is 56.5 Å². The fourth-order valence-corrected chi connectivity index (χ4v) is 7.50. The summed E-state index contributed by atoms with van der Waals surface area (Å²) in [5, 5.41) is 22.8. The quantitative estimate of drug-likeness (QED) is 0.598. The van der Waals surface area contributed by atoms with Gasteiger partial charge in [0.2, 0.25) is 0 Å². The monoisotopic (exact) mass is 444 g/mol. The lowest BCUT2D eigenvalue weighted by atomic mass is 9.51. The zero-order chi connectivity index (χ0) is 23.5. The van der Waals surface area contributed by atoms with E-state index in [0.717, 1.165) is 25.7 Å². The maximum Gasteiger partial charge on any atom is 0.156 e. The van der Waals surface area contributed by atoms with Crippen LogP contribution in [-0.2, 0) is 4.79 Å². The third-order valence-electron chi connectivity index (χ3n) is 9.28. The summed E-state index contributed by atoms with van der Waals surface area (Å²) in [7, 11) is 0. The molecule has 4 aliphatic carbocycles. The van der Waals surface area contributed by atoms with Crippen LogP contribution in [0.5, 0.6) is 0 Å². The van der Waals surface area contributed by atoms with Crippen molar-refractivity contribution in [3.63, 3.8) is 0 Å². The highest BCUT2D eigenvalue weighted by molar-refractivity contribution is 5.93. The number of hydrogen-bond acceptors (Lipinski definition) is 3. The molecule has 3 nitrogen and oxygen atoms in total. The van der Waals surface area contributed by atoms with Crippen molar-refractivity contribution in [2.75, 3.05) is 0 Å². The molecule has 6 atom stereocenters. The Bertz CT molecular complexity index is 1100. The van der Waals surface area contributed by atoms with Crippen molar-refractivity contribution >= 4 is 5.78 Å². The highest BCUT2D eigenvalue weighted by atomic mass is 16.3. The molecule has 2 fully saturated rings. The Morgan fingerprint density at radius 1 is 1.12 bits per heavy atom. The second-order valence-corrected chi connectivity index (χ2v) is 11.2. The standard InChI is InChI=1S/C30H36O3/c1-5-14-30(33)27(32)16-26-24-12-10-21-15-22(31)11-13-23(21)28(24)25(17-29(26,30)4)20-8-6-19(7-9-20)18(2)3/h6-9,15,18,24-27,32-33H,10-13,16-17H2,1-4H3/t24-,25?,26-,27+,29-,30+/m0/s1. The molecule has 33 heavy (non-hydrogen) atoms. The number of benzene rings is 1. The molecule has 0 radical (unpaired) electrons. The number of aliphatic hydroxyl groups is 2. The fraction of sp³-hybridized carbons (Fsp3) is 0.567. The zero-order valence-corrected chi connectivity index (χ0v) is 20.3. The molecular formula is C30H36O3. The first kappa shape index (κ1) is 22.6. The van der Waals surface area contributed by atoms with Crippen LogP contribution in [0.3, 0.4) is 0 Å². The van der Waals surface area contributed by atoms with Gasteiger partial charge in [0.05, 0.1) is 6.10 Å². The van der Waals surface area contributed by atoms with E-state index >= 15 is 0 Å². The predicted molar refractivity (Wildman–Crippen MR) is 131 cm³/mol. The van der Waals surface area contributed by atoms with E-state index in [-0.39, 0.29) is 17.6 Å². The number of fused-ring (bicyclic) bond motifs is 4. The average Bonchev–Trinajstić information content (AvgIpc) is 2.99. The lowest BCUT2D eigenvalue weighted by molar-refractivity contribution is -0.114. The smallest absolute Gasteiger partial charge is 0.156 e. The molecule has 0 heterocycles. The van der Waals surface area contributed by atoms with Crippen molar-refractivity contribution in [3.8, 4) is 11.8 Å².